The van der Waals surface area contributed by atoms with Crippen LogP contribution in [0.1, 0.15) is 24.0 Å². The molecule has 6 nitrogen and oxygen atoms in total. The molecule has 3 N–H and O–H groups in total. The van der Waals surface area contributed by atoms with Crippen molar-refractivity contribution in [2.75, 3.05) is 16.0 Å². The second-order valence-corrected chi connectivity index (χ2v) is 7.31. The molecule has 0 bridgehead atoms. The molecule has 0 spiro atoms. The lowest BCUT2D eigenvalue weighted by Crippen LogP contribution is -2.13. The number of anilines is 4. The number of aromatic nitrogens is 2. The van der Waals surface area contributed by atoms with E-state index in [-0.39, 0.29) is 18.4 Å². The summed E-state index contributed by atoms with van der Waals surface area (Å²) in [6.07, 6.45) is -1.16. The average molecular weight is 427 g/mol. The minimum absolute atomic E-state index is 0.0280. The van der Waals surface area contributed by atoms with Crippen molar-refractivity contribution in [1.82, 2.24) is 9.97 Å². The summed E-state index contributed by atoms with van der Waals surface area (Å²) in [5.41, 5.74) is 1.22. The number of nitrogens with zero attached hydrogens (tertiary/aromatic N) is 2. The first-order valence-electron chi connectivity index (χ1n) is 9.77. The number of carbonyl (C=O) groups is 1. The minimum atomic E-state index is -4.38. The predicted molar refractivity (Wildman–Crippen MR) is 112 cm³/mol. The Morgan fingerprint density at radius 2 is 1.71 bits per heavy atom. The molecule has 1 heterocycles. The second-order valence-electron chi connectivity index (χ2n) is 7.31. The first-order valence-corrected chi connectivity index (χ1v) is 9.77. The van der Waals surface area contributed by atoms with E-state index in [0.717, 1.165) is 30.7 Å². The van der Waals surface area contributed by atoms with Crippen LogP contribution in [0.5, 0.6) is 0 Å². The van der Waals surface area contributed by atoms with E-state index < -0.39 is 11.7 Å². The molecule has 160 valence electrons. The highest BCUT2D eigenvalue weighted by Crippen LogP contribution is 2.31. The fraction of sp³-hybridized carbons (Fsp3) is 0.227. The average Bonchev–Trinajstić information content (AvgIpc) is 3.58. The zero-order chi connectivity index (χ0) is 21.8. The molecule has 2 aromatic carbocycles. The van der Waals surface area contributed by atoms with Crippen molar-refractivity contribution < 1.29 is 18.0 Å². The van der Waals surface area contributed by atoms with Gasteiger partial charge in [0.05, 0.1) is 5.56 Å². The quantitative estimate of drug-likeness (QED) is 0.483. The Kier molecular flexibility index (Phi) is 5.75. The molecule has 0 atom stereocenters. The number of halogens is 3. The normalized spacial score (nSPS) is 13.5. The maximum atomic E-state index is 12.9. The van der Waals surface area contributed by atoms with E-state index in [4.69, 9.17) is 0 Å². The predicted octanol–water partition coefficient (Wildman–Crippen LogP) is 5.20. The number of benzene rings is 2. The van der Waals surface area contributed by atoms with Crippen LogP contribution >= 0.6 is 0 Å². The molecule has 1 aliphatic rings. The molecule has 3 aromatic rings. The van der Waals surface area contributed by atoms with Crippen molar-refractivity contribution in [3.8, 4) is 0 Å². The van der Waals surface area contributed by atoms with Crippen LogP contribution in [0.2, 0.25) is 0 Å². The summed E-state index contributed by atoms with van der Waals surface area (Å²) >= 11 is 0. The highest BCUT2D eigenvalue weighted by Gasteiger charge is 2.30. The van der Waals surface area contributed by atoms with Crippen LogP contribution in [0.3, 0.4) is 0 Å². The summed E-state index contributed by atoms with van der Waals surface area (Å²) in [6.45, 7) is 0.184. The molecule has 0 radical (unpaired) electrons. The van der Waals surface area contributed by atoms with E-state index >= 15 is 0 Å². The number of hydrogen-bond acceptors (Lipinski definition) is 5. The van der Waals surface area contributed by atoms with Crippen molar-refractivity contribution in [2.45, 2.75) is 25.6 Å². The van der Waals surface area contributed by atoms with E-state index in [1.54, 1.807) is 18.2 Å². The van der Waals surface area contributed by atoms with E-state index in [2.05, 4.69) is 25.9 Å². The lowest BCUT2D eigenvalue weighted by Gasteiger charge is -2.11. The fourth-order valence-corrected chi connectivity index (χ4v) is 2.99. The van der Waals surface area contributed by atoms with E-state index in [1.807, 2.05) is 18.2 Å². The van der Waals surface area contributed by atoms with Gasteiger partial charge < -0.3 is 16.0 Å². The molecule has 1 fully saturated rings. The standard InChI is InChI=1S/C22H20F3N5O/c23-22(24,25)16-4-1-3-14(9-16)12-26-19-11-20(28-13-27-19)29-17-5-2-6-18(10-17)30-21(31)15-7-8-15/h1-6,9-11,13,15H,7-8,12H2,(H,30,31)(H2,26,27,28,29). The van der Waals surface area contributed by atoms with Crippen LogP contribution in [0, 0.1) is 5.92 Å². The first-order chi connectivity index (χ1) is 14.9. The van der Waals surface area contributed by atoms with Gasteiger partial charge in [0.15, 0.2) is 0 Å². The van der Waals surface area contributed by atoms with Gasteiger partial charge >= 0.3 is 6.18 Å². The van der Waals surface area contributed by atoms with Crippen LogP contribution in [0.15, 0.2) is 60.9 Å². The molecule has 1 aliphatic carbocycles. The molecule has 1 saturated carbocycles. The third kappa shape index (κ3) is 5.71. The lowest BCUT2D eigenvalue weighted by molar-refractivity contribution is -0.137. The topological polar surface area (TPSA) is 78.9 Å². The summed E-state index contributed by atoms with van der Waals surface area (Å²) in [5, 5.41) is 9.04. The number of alkyl halides is 3. The Balaban J connectivity index is 1.39. The summed E-state index contributed by atoms with van der Waals surface area (Å²) in [7, 11) is 0. The molecule has 0 saturated heterocycles. The monoisotopic (exact) mass is 427 g/mol. The Labute approximate surface area is 176 Å². The Hall–Kier alpha value is -3.62. The smallest absolute Gasteiger partial charge is 0.366 e. The van der Waals surface area contributed by atoms with Crippen molar-refractivity contribution in [3.63, 3.8) is 0 Å². The van der Waals surface area contributed by atoms with Crippen molar-refractivity contribution in [2.24, 2.45) is 5.92 Å². The molecule has 9 heteroatoms. The highest BCUT2D eigenvalue weighted by atomic mass is 19.4. The fourth-order valence-electron chi connectivity index (χ4n) is 2.99. The Bertz CT molecular complexity index is 1080. The largest absolute Gasteiger partial charge is 0.416 e. The van der Waals surface area contributed by atoms with Crippen molar-refractivity contribution >= 4 is 28.9 Å². The molecule has 31 heavy (non-hydrogen) atoms. The zero-order valence-electron chi connectivity index (χ0n) is 16.4. The van der Waals surface area contributed by atoms with Gasteiger partial charge in [0.2, 0.25) is 5.91 Å². The van der Waals surface area contributed by atoms with E-state index in [0.29, 0.717) is 22.9 Å². The van der Waals surface area contributed by atoms with Crippen molar-refractivity contribution in [3.05, 3.63) is 72.1 Å². The summed E-state index contributed by atoms with van der Waals surface area (Å²) in [5.74, 6) is 1.12. The van der Waals surface area contributed by atoms with Crippen LogP contribution < -0.4 is 16.0 Å². The summed E-state index contributed by atoms with van der Waals surface area (Å²) in [6, 6.07) is 14.1. The van der Waals surface area contributed by atoms with Gasteiger partial charge in [-0.15, -0.1) is 0 Å². The van der Waals surface area contributed by atoms with Gasteiger partial charge in [0, 0.05) is 29.9 Å². The Morgan fingerprint density at radius 1 is 0.968 bits per heavy atom. The van der Waals surface area contributed by atoms with Crippen LogP contribution in [0.4, 0.5) is 36.2 Å². The van der Waals surface area contributed by atoms with Gasteiger partial charge in [-0.1, -0.05) is 18.2 Å². The lowest BCUT2D eigenvalue weighted by atomic mass is 10.1. The summed E-state index contributed by atoms with van der Waals surface area (Å²) in [4.78, 5) is 20.2. The zero-order valence-corrected chi connectivity index (χ0v) is 16.4. The number of rotatable bonds is 7. The van der Waals surface area contributed by atoms with Crippen LogP contribution in [-0.4, -0.2) is 15.9 Å². The summed E-state index contributed by atoms with van der Waals surface area (Å²) < 4.78 is 38.6. The molecule has 0 aliphatic heterocycles. The molecule has 1 aromatic heterocycles. The van der Waals surface area contributed by atoms with Crippen LogP contribution in [-0.2, 0) is 17.5 Å². The first kappa shape index (κ1) is 20.6. The Morgan fingerprint density at radius 3 is 2.48 bits per heavy atom. The van der Waals surface area contributed by atoms with Gasteiger partial charge in [-0.3, -0.25) is 4.79 Å². The third-order valence-corrected chi connectivity index (χ3v) is 4.75. The van der Waals surface area contributed by atoms with E-state index in [1.165, 1.54) is 12.4 Å². The van der Waals surface area contributed by atoms with Gasteiger partial charge in [0.25, 0.3) is 0 Å². The third-order valence-electron chi connectivity index (χ3n) is 4.75. The second kappa shape index (κ2) is 8.63. The minimum Gasteiger partial charge on any atom is -0.366 e. The van der Waals surface area contributed by atoms with Gasteiger partial charge in [-0.05, 0) is 48.7 Å². The maximum absolute atomic E-state index is 12.9. The number of carbonyl (C=O) groups excluding carboxylic acids is 1. The van der Waals surface area contributed by atoms with Gasteiger partial charge in [0.1, 0.15) is 18.0 Å². The van der Waals surface area contributed by atoms with Gasteiger partial charge in [-0.25, -0.2) is 9.97 Å². The molecule has 1 amide bonds. The van der Waals surface area contributed by atoms with Crippen molar-refractivity contribution in [1.29, 1.82) is 0 Å². The number of amides is 1. The van der Waals surface area contributed by atoms with E-state index in [9.17, 15) is 18.0 Å². The molecular formula is C22H20F3N5O. The van der Waals surface area contributed by atoms with Crippen LogP contribution in [0.25, 0.3) is 0 Å². The SMILES string of the molecule is O=C(Nc1cccc(Nc2cc(NCc3cccc(C(F)(F)F)c3)ncn2)c1)C1CC1. The van der Waals surface area contributed by atoms with Gasteiger partial charge in [-0.2, -0.15) is 13.2 Å². The molecule has 4 rings (SSSR count). The molecular weight excluding hydrogens is 407 g/mol. The highest BCUT2D eigenvalue weighted by molar-refractivity contribution is 5.94. The molecule has 0 unspecified atom stereocenters. The number of nitrogens with one attached hydrogen (secondary N) is 3. The number of hydrogen-bond donors (Lipinski definition) is 3. The maximum Gasteiger partial charge on any atom is 0.416 e.